The van der Waals surface area contributed by atoms with Crippen molar-refractivity contribution in [3.63, 3.8) is 0 Å². The lowest BCUT2D eigenvalue weighted by atomic mass is 10.1. The minimum absolute atomic E-state index is 0.0551. The molecule has 1 saturated heterocycles. The van der Waals surface area contributed by atoms with Crippen molar-refractivity contribution in [2.45, 2.75) is 32.0 Å². The molecule has 1 unspecified atom stereocenters. The molecule has 1 amide bonds. The normalized spacial score (nSPS) is 19.3. The van der Waals surface area contributed by atoms with Gasteiger partial charge in [0.15, 0.2) is 0 Å². The quantitative estimate of drug-likeness (QED) is 0.855. The number of hydrogen-bond donors (Lipinski definition) is 2. The molecular weight excluding hydrogens is 254 g/mol. The van der Waals surface area contributed by atoms with E-state index >= 15 is 0 Å². The molecule has 0 aliphatic carbocycles. The lowest BCUT2D eigenvalue weighted by Gasteiger charge is -2.24. The van der Waals surface area contributed by atoms with Gasteiger partial charge < -0.3 is 15.4 Å². The molecule has 0 radical (unpaired) electrons. The molecule has 1 aromatic rings. The monoisotopic (exact) mass is 270 g/mol. The number of piperidine rings is 1. The highest BCUT2D eigenvalue weighted by Gasteiger charge is 2.18. The summed E-state index contributed by atoms with van der Waals surface area (Å²) in [6.45, 7) is -1.82. The summed E-state index contributed by atoms with van der Waals surface area (Å²) < 4.78 is 29.0. The highest BCUT2D eigenvalue weighted by molar-refractivity contribution is 5.76. The summed E-state index contributed by atoms with van der Waals surface area (Å²) in [5.74, 6) is 0.240. The van der Waals surface area contributed by atoms with E-state index in [0.29, 0.717) is 25.1 Å². The second-order valence-corrected chi connectivity index (χ2v) is 4.41. The van der Waals surface area contributed by atoms with Crippen molar-refractivity contribution in [3.8, 4) is 5.75 Å². The molecule has 2 rings (SSSR count). The van der Waals surface area contributed by atoms with Crippen LogP contribution in [0.25, 0.3) is 0 Å². The zero-order valence-corrected chi connectivity index (χ0v) is 10.4. The largest absolute Gasteiger partial charge is 0.434 e. The molecule has 0 spiro atoms. The fraction of sp³-hybridized carbons (Fsp3) is 0.462. The fourth-order valence-corrected chi connectivity index (χ4v) is 2.02. The van der Waals surface area contributed by atoms with Gasteiger partial charge in [-0.05, 0) is 12.5 Å². The van der Waals surface area contributed by atoms with Crippen LogP contribution in [-0.2, 0) is 11.3 Å². The van der Waals surface area contributed by atoms with Crippen LogP contribution in [0.5, 0.6) is 5.75 Å². The van der Waals surface area contributed by atoms with Crippen molar-refractivity contribution in [1.29, 1.82) is 0 Å². The predicted molar refractivity (Wildman–Crippen MR) is 65.9 cm³/mol. The molecule has 4 nitrogen and oxygen atoms in total. The molecule has 1 heterocycles. The van der Waals surface area contributed by atoms with Crippen LogP contribution in [0.2, 0.25) is 0 Å². The van der Waals surface area contributed by atoms with Gasteiger partial charge in [-0.3, -0.25) is 4.79 Å². The van der Waals surface area contributed by atoms with Gasteiger partial charge in [0.2, 0.25) is 5.91 Å². The zero-order chi connectivity index (χ0) is 13.7. The van der Waals surface area contributed by atoms with Crippen LogP contribution in [-0.4, -0.2) is 25.1 Å². The van der Waals surface area contributed by atoms with E-state index in [0.717, 1.165) is 6.42 Å². The van der Waals surface area contributed by atoms with Gasteiger partial charge in [-0.15, -0.1) is 0 Å². The Morgan fingerprint density at radius 2 is 2.21 bits per heavy atom. The summed E-state index contributed by atoms with van der Waals surface area (Å²) in [5, 5.41) is 5.99. The van der Waals surface area contributed by atoms with Crippen LogP contribution >= 0.6 is 0 Å². The first-order chi connectivity index (χ1) is 9.15. The number of benzene rings is 1. The standard InChI is InChI=1S/C13H16F2N2O2/c14-13(15)19-11-4-2-1-3-9(11)7-16-10-5-6-12(18)17-8-10/h1-4,10,13,16H,5-8H2,(H,17,18). The third-order valence-electron chi connectivity index (χ3n) is 3.04. The van der Waals surface area contributed by atoms with E-state index in [1.807, 2.05) is 0 Å². The van der Waals surface area contributed by atoms with Gasteiger partial charge in [-0.25, -0.2) is 0 Å². The summed E-state index contributed by atoms with van der Waals surface area (Å²) in [6.07, 6.45) is 1.25. The number of amides is 1. The molecule has 19 heavy (non-hydrogen) atoms. The van der Waals surface area contributed by atoms with E-state index < -0.39 is 6.61 Å². The summed E-state index contributed by atoms with van der Waals surface area (Å²) in [7, 11) is 0. The maximum atomic E-state index is 12.2. The van der Waals surface area contributed by atoms with Crippen LogP contribution in [0.4, 0.5) is 8.78 Å². The summed E-state index contributed by atoms with van der Waals surface area (Å²) in [5.41, 5.74) is 0.680. The maximum Gasteiger partial charge on any atom is 0.387 e. The highest BCUT2D eigenvalue weighted by atomic mass is 19.3. The molecular formula is C13H16F2N2O2. The number of carbonyl (C=O) groups excluding carboxylic acids is 1. The van der Waals surface area contributed by atoms with E-state index in [4.69, 9.17) is 0 Å². The van der Waals surface area contributed by atoms with Gasteiger partial charge >= 0.3 is 6.61 Å². The van der Waals surface area contributed by atoms with E-state index in [-0.39, 0.29) is 17.7 Å². The van der Waals surface area contributed by atoms with Crippen LogP contribution in [0.3, 0.4) is 0 Å². The number of hydrogen-bond acceptors (Lipinski definition) is 3. The van der Waals surface area contributed by atoms with Crippen LogP contribution in [0.15, 0.2) is 24.3 Å². The van der Waals surface area contributed by atoms with Crippen molar-refractivity contribution in [1.82, 2.24) is 10.6 Å². The number of carbonyl (C=O) groups is 1. The third kappa shape index (κ3) is 4.17. The number of nitrogens with one attached hydrogen (secondary N) is 2. The predicted octanol–water partition coefficient (Wildman–Crippen LogP) is 1.66. The minimum Gasteiger partial charge on any atom is -0.434 e. The lowest BCUT2D eigenvalue weighted by Crippen LogP contribution is -2.45. The van der Waals surface area contributed by atoms with E-state index in [1.54, 1.807) is 18.2 Å². The fourth-order valence-electron chi connectivity index (χ4n) is 2.02. The van der Waals surface area contributed by atoms with Crippen LogP contribution in [0.1, 0.15) is 18.4 Å². The Bertz CT molecular complexity index is 430. The van der Waals surface area contributed by atoms with Gasteiger partial charge in [0.1, 0.15) is 5.75 Å². The number of halogens is 2. The van der Waals surface area contributed by atoms with Gasteiger partial charge in [0.05, 0.1) is 0 Å². The van der Waals surface area contributed by atoms with Crippen molar-refractivity contribution < 1.29 is 18.3 Å². The molecule has 0 bridgehead atoms. The molecule has 1 atom stereocenters. The minimum atomic E-state index is -2.82. The van der Waals surface area contributed by atoms with Gasteiger partial charge in [-0.1, -0.05) is 18.2 Å². The smallest absolute Gasteiger partial charge is 0.387 e. The van der Waals surface area contributed by atoms with Crippen molar-refractivity contribution in [2.24, 2.45) is 0 Å². The Hall–Kier alpha value is -1.69. The molecule has 104 valence electrons. The van der Waals surface area contributed by atoms with Crippen LogP contribution < -0.4 is 15.4 Å². The van der Waals surface area contributed by atoms with E-state index in [2.05, 4.69) is 15.4 Å². The lowest BCUT2D eigenvalue weighted by molar-refractivity contribution is -0.122. The average Bonchev–Trinajstić information content (AvgIpc) is 2.39. The van der Waals surface area contributed by atoms with Gasteiger partial charge in [0, 0.05) is 31.1 Å². The van der Waals surface area contributed by atoms with Gasteiger partial charge in [-0.2, -0.15) is 8.78 Å². The SMILES string of the molecule is O=C1CCC(NCc2ccccc2OC(F)F)CN1. The number of ether oxygens (including phenoxy) is 1. The van der Waals surface area contributed by atoms with Crippen molar-refractivity contribution >= 4 is 5.91 Å². The first-order valence-electron chi connectivity index (χ1n) is 6.18. The van der Waals surface area contributed by atoms with Gasteiger partial charge in [0.25, 0.3) is 0 Å². The Morgan fingerprint density at radius 1 is 1.42 bits per heavy atom. The second-order valence-electron chi connectivity index (χ2n) is 4.41. The third-order valence-corrected chi connectivity index (χ3v) is 3.04. The molecule has 6 heteroatoms. The molecule has 2 N–H and O–H groups in total. The number of para-hydroxylation sites is 1. The first kappa shape index (κ1) is 13.7. The Morgan fingerprint density at radius 3 is 2.89 bits per heavy atom. The molecule has 0 aromatic heterocycles. The van der Waals surface area contributed by atoms with Crippen molar-refractivity contribution in [2.75, 3.05) is 6.54 Å². The second kappa shape index (κ2) is 6.47. The average molecular weight is 270 g/mol. The molecule has 1 aliphatic heterocycles. The van der Waals surface area contributed by atoms with E-state index in [9.17, 15) is 13.6 Å². The summed E-state index contributed by atoms with van der Waals surface area (Å²) in [4.78, 5) is 11.0. The highest BCUT2D eigenvalue weighted by Crippen LogP contribution is 2.20. The number of rotatable bonds is 5. The maximum absolute atomic E-state index is 12.2. The summed E-state index contributed by atoms with van der Waals surface area (Å²) in [6, 6.07) is 6.86. The Labute approximate surface area is 110 Å². The van der Waals surface area contributed by atoms with E-state index in [1.165, 1.54) is 6.07 Å². The Kier molecular flexibility index (Phi) is 4.68. The Balaban J connectivity index is 1.90. The summed E-state index contributed by atoms with van der Waals surface area (Å²) >= 11 is 0. The molecule has 1 aromatic carbocycles. The molecule has 1 fully saturated rings. The molecule has 0 saturated carbocycles. The molecule has 1 aliphatic rings. The number of alkyl halides is 2. The van der Waals surface area contributed by atoms with Crippen LogP contribution in [0, 0.1) is 0 Å². The van der Waals surface area contributed by atoms with Crippen molar-refractivity contribution in [3.05, 3.63) is 29.8 Å². The first-order valence-corrected chi connectivity index (χ1v) is 6.18. The zero-order valence-electron chi connectivity index (χ0n) is 10.4. The topological polar surface area (TPSA) is 50.4 Å².